The number of aryl methyl sites for hydroxylation is 2. The summed E-state index contributed by atoms with van der Waals surface area (Å²) in [7, 11) is 4.19. The number of nitrogens with zero attached hydrogens (tertiary/aromatic N) is 2. The molecule has 1 aromatic carbocycles. The molecule has 1 aliphatic rings. The molecule has 38 heavy (non-hydrogen) atoms. The fourth-order valence-electron chi connectivity index (χ4n) is 5.91. The van der Waals surface area contributed by atoms with Crippen molar-refractivity contribution in [3.63, 3.8) is 0 Å². The van der Waals surface area contributed by atoms with E-state index in [1.165, 1.54) is 150 Å². The number of unbranched alkanes of at least 4 members (excludes halogenated alkanes) is 15. The van der Waals surface area contributed by atoms with E-state index >= 15 is 0 Å². The van der Waals surface area contributed by atoms with Crippen LogP contribution >= 0.6 is 0 Å². The van der Waals surface area contributed by atoms with Crippen LogP contribution in [0.15, 0.2) is 42.7 Å². The molecule has 1 aliphatic carbocycles. The van der Waals surface area contributed by atoms with E-state index in [1.807, 2.05) is 0 Å². The number of aromatic nitrogens is 1. The highest BCUT2D eigenvalue weighted by Crippen LogP contribution is 2.31. The molecular formula is C36H57N2+. The zero-order chi connectivity index (χ0) is 26.8. The minimum absolute atomic E-state index is 1.16. The molecule has 3 rings (SSSR count). The van der Waals surface area contributed by atoms with Crippen LogP contribution in [0.25, 0.3) is 11.6 Å². The quantitative estimate of drug-likeness (QED) is 0.133. The van der Waals surface area contributed by atoms with E-state index in [0.717, 1.165) is 6.54 Å². The highest BCUT2D eigenvalue weighted by atomic mass is 15.1. The third-order valence-electron chi connectivity index (χ3n) is 8.36. The van der Waals surface area contributed by atoms with Crippen molar-refractivity contribution in [1.29, 1.82) is 0 Å². The summed E-state index contributed by atoms with van der Waals surface area (Å²) in [5.74, 6) is 0. The van der Waals surface area contributed by atoms with Gasteiger partial charge < -0.3 is 4.90 Å². The second kappa shape index (κ2) is 18.2. The van der Waals surface area contributed by atoms with Crippen molar-refractivity contribution >= 4 is 17.3 Å². The standard InChI is InChI=1S/C36H57N2/c1-4-5-6-7-8-9-10-11-12-13-14-15-16-17-18-19-28-38-29-27-36-33(21-20-22-34(36)31-38)30-32-23-25-35(26-24-32)37(2)3/h23-27,29-31H,4-22,28H2,1-3H3/q+1. The molecule has 0 atom stereocenters. The van der Waals surface area contributed by atoms with Crippen LogP contribution in [0.5, 0.6) is 0 Å². The van der Waals surface area contributed by atoms with E-state index in [0.29, 0.717) is 0 Å². The van der Waals surface area contributed by atoms with Gasteiger partial charge in [0.15, 0.2) is 12.4 Å². The van der Waals surface area contributed by atoms with Crippen LogP contribution in [0.3, 0.4) is 0 Å². The highest BCUT2D eigenvalue weighted by Gasteiger charge is 2.17. The molecule has 0 saturated carbocycles. The normalized spacial score (nSPS) is 14.1. The zero-order valence-electron chi connectivity index (χ0n) is 25.2. The van der Waals surface area contributed by atoms with Crippen molar-refractivity contribution < 1.29 is 4.57 Å². The number of fused-ring (bicyclic) bond motifs is 1. The van der Waals surface area contributed by atoms with Crippen LogP contribution < -0.4 is 9.47 Å². The monoisotopic (exact) mass is 517 g/mol. The Morgan fingerprint density at radius 3 is 1.79 bits per heavy atom. The second-order valence-corrected chi connectivity index (χ2v) is 11.9. The van der Waals surface area contributed by atoms with Crippen molar-refractivity contribution in [3.8, 4) is 0 Å². The van der Waals surface area contributed by atoms with Crippen LogP contribution in [0.4, 0.5) is 5.69 Å². The Balaban J connectivity index is 1.26. The summed E-state index contributed by atoms with van der Waals surface area (Å²) in [6.45, 7) is 3.46. The Labute approximate surface area is 235 Å². The van der Waals surface area contributed by atoms with Crippen LogP contribution in [0, 0.1) is 0 Å². The third-order valence-corrected chi connectivity index (χ3v) is 8.36. The summed E-state index contributed by atoms with van der Waals surface area (Å²) in [6, 6.07) is 11.3. The minimum atomic E-state index is 1.16. The first-order valence-corrected chi connectivity index (χ1v) is 16.2. The van der Waals surface area contributed by atoms with E-state index in [2.05, 4.69) is 79.3 Å². The number of allylic oxidation sites excluding steroid dienone is 1. The maximum atomic E-state index is 2.44. The van der Waals surface area contributed by atoms with Crippen molar-refractivity contribution in [3.05, 3.63) is 59.4 Å². The molecule has 2 nitrogen and oxygen atoms in total. The number of hydrogen-bond donors (Lipinski definition) is 0. The first kappa shape index (κ1) is 30.5. The fraction of sp³-hybridized carbons (Fsp3) is 0.639. The van der Waals surface area contributed by atoms with Gasteiger partial charge in [0.2, 0.25) is 0 Å². The van der Waals surface area contributed by atoms with Crippen LogP contribution in [-0.4, -0.2) is 14.1 Å². The van der Waals surface area contributed by atoms with Gasteiger partial charge in [-0.15, -0.1) is 0 Å². The summed E-state index contributed by atoms with van der Waals surface area (Å²) in [4.78, 5) is 2.16. The lowest BCUT2D eigenvalue weighted by atomic mass is 9.87. The van der Waals surface area contributed by atoms with Gasteiger partial charge >= 0.3 is 0 Å². The van der Waals surface area contributed by atoms with Gasteiger partial charge in [-0.1, -0.05) is 115 Å². The van der Waals surface area contributed by atoms with Crippen molar-refractivity contribution in [1.82, 2.24) is 0 Å². The summed E-state index contributed by atoms with van der Waals surface area (Å²) in [5.41, 5.74) is 7.07. The lowest BCUT2D eigenvalue weighted by Crippen LogP contribution is -2.34. The molecule has 0 spiro atoms. The van der Waals surface area contributed by atoms with Gasteiger partial charge in [-0.2, -0.15) is 0 Å². The third kappa shape index (κ3) is 11.3. The molecule has 0 fully saturated rings. The molecule has 1 heterocycles. The first-order valence-electron chi connectivity index (χ1n) is 16.2. The Bertz CT molecular complexity index is 925. The Morgan fingerprint density at radius 1 is 0.684 bits per heavy atom. The molecule has 0 radical (unpaired) electrons. The van der Waals surface area contributed by atoms with Crippen LogP contribution in [0.1, 0.15) is 139 Å². The topological polar surface area (TPSA) is 7.12 Å². The fourth-order valence-corrected chi connectivity index (χ4v) is 5.91. The number of benzene rings is 1. The molecule has 0 unspecified atom stereocenters. The van der Waals surface area contributed by atoms with Gasteiger partial charge in [0.25, 0.3) is 0 Å². The molecule has 2 aromatic rings. The molecule has 1 aromatic heterocycles. The van der Waals surface area contributed by atoms with E-state index in [1.54, 1.807) is 0 Å². The lowest BCUT2D eigenvalue weighted by molar-refractivity contribution is -0.697. The average Bonchev–Trinajstić information content (AvgIpc) is 2.93. The van der Waals surface area contributed by atoms with Crippen LogP contribution in [-0.2, 0) is 13.0 Å². The first-order chi connectivity index (χ1) is 18.7. The van der Waals surface area contributed by atoms with Gasteiger partial charge in [0.05, 0.1) is 0 Å². The van der Waals surface area contributed by atoms with Gasteiger partial charge in [-0.25, -0.2) is 4.57 Å². The zero-order valence-corrected chi connectivity index (χ0v) is 25.2. The summed E-state index contributed by atoms with van der Waals surface area (Å²) in [6.07, 6.45) is 33.7. The Kier molecular flexibility index (Phi) is 14.6. The van der Waals surface area contributed by atoms with E-state index in [-0.39, 0.29) is 0 Å². The van der Waals surface area contributed by atoms with Gasteiger partial charge in [-0.05, 0) is 54.5 Å². The molecule has 0 aliphatic heterocycles. The SMILES string of the molecule is CCCCCCCCCCCCCCCCCC[n+]1ccc2c(c1)CCC/C2=C\c1ccc(N(C)C)cc1. The predicted molar refractivity (Wildman–Crippen MR) is 168 cm³/mol. The van der Waals surface area contributed by atoms with Gasteiger partial charge in [0, 0.05) is 37.8 Å². The number of anilines is 1. The maximum Gasteiger partial charge on any atom is 0.172 e. The molecule has 0 saturated heterocycles. The smallest absolute Gasteiger partial charge is 0.172 e. The highest BCUT2D eigenvalue weighted by molar-refractivity contribution is 5.83. The summed E-state index contributed by atoms with van der Waals surface area (Å²) >= 11 is 0. The van der Waals surface area contributed by atoms with Gasteiger partial charge in [-0.3, -0.25) is 0 Å². The van der Waals surface area contributed by atoms with Crippen molar-refractivity contribution in [2.45, 2.75) is 135 Å². The molecule has 2 heteroatoms. The average molecular weight is 518 g/mol. The van der Waals surface area contributed by atoms with Crippen molar-refractivity contribution in [2.24, 2.45) is 0 Å². The number of pyridine rings is 1. The molecule has 0 amide bonds. The molecule has 0 bridgehead atoms. The summed E-state index contributed by atoms with van der Waals surface area (Å²) < 4.78 is 2.44. The van der Waals surface area contributed by atoms with Gasteiger partial charge in [0.1, 0.15) is 6.54 Å². The summed E-state index contributed by atoms with van der Waals surface area (Å²) in [5, 5.41) is 0. The second-order valence-electron chi connectivity index (χ2n) is 11.9. The number of rotatable bonds is 19. The number of hydrogen-bond acceptors (Lipinski definition) is 1. The predicted octanol–water partition coefficient (Wildman–Crippen LogP) is 10.2. The Morgan fingerprint density at radius 2 is 1.24 bits per heavy atom. The van der Waals surface area contributed by atoms with E-state index < -0.39 is 0 Å². The molecule has 210 valence electrons. The van der Waals surface area contributed by atoms with Crippen molar-refractivity contribution in [2.75, 3.05) is 19.0 Å². The Hall–Kier alpha value is -2.09. The molecule has 0 N–H and O–H groups in total. The van der Waals surface area contributed by atoms with Crippen LogP contribution in [0.2, 0.25) is 0 Å². The maximum absolute atomic E-state index is 2.44. The largest absolute Gasteiger partial charge is 0.378 e. The minimum Gasteiger partial charge on any atom is -0.378 e. The van der Waals surface area contributed by atoms with E-state index in [4.69, 9.17) is 0 Å². The molecular weight excluding hydrogens is 460 g/mol. The van der Waals surface area contributed by atoms with E-state index in [9.17, 15) is 0 Å². The lowest BCUT2D eigenvalue weighted by Gasteiger charge is -2.18.